The molecule has 2 rings (SSSR count). The Labute approximate surface area is 107 Å². The Hall–Kier alpha value is -1.36. The van der Waals surface area contributed by atoms with Gasteiger partial charge in [0.05, 0.1) is 12.2 Å². The van der Waals surface area contributed by atoms with E-state index in [1.807, 2.05) is 6.92 Å². The molecule has 1 aliphatic rings. The first kappa shape index (κ1) is 13.1. The molecule has 0 bridgehead atoms. The summed E-state index contributed by atoms with van der Waals surface area (Å²) in [6.07, 6.45) is 4.88. The second-order valence-corrected chi connectivity index (χ2v) is 4.67. The predicted molar refractivity (Wildman–Crippen MR) is 68.2 cm³/mol. The standard InChI is InChI=1S/C13H21N3O2/c1-3-11(18-2)13(17)14-8-12-15-9-6-4-5-7-10(9)16-12/h11H,3-8H2,1-2H3,(H,14,17)(H,15,16). The van der Waals surface area contributed by atoms with Gasteiger partial charge in [-0.2, -0.15) is 0 Å². The zero-order valence-electron chi connectivity index (χ0n) is 11.1. The first-order valence-electron chi connectivity index (χ1n) is 6.61. The molecule has 1 unspecified atom stereocenters. The quantitative estimate of drug-likeness (QED) is 0.829. The Morgan fingerprint density at radius 1 is 1.50 bits per heavy atom. The number of carbonyl (C=O) groups excluding carboxylic acids is 1. The monoisotopic (exact) mass is 251 g/mol. The number of hydrogen-bond acceptors (Lipinski definition) is 3. The second-order valence-electron chi connectivity index (χ2n) is 4.67. The number of nitrogens with zero attached hydrogens (tertiary/aromatic N) is 1. The topological polar surface area (TPSA) is 67.0 Å². The molecule has 1 atom stereocenters. The molecule has 18 heavy (non-hydrogen) atoms. The maximum Gasteiger partial charge on any atom is 0.249 e. The Morgan fingerprint density at radius 3 is 2.94 bits per heavy atom. The van der Waals surface area contributed by atoms with Gasteiger partial charge in [-0.15, -0.1) is 0 Å². The van der Waals surface area contributed by atoms with Crippen LogP contribution in [-0.2, 0) is 28.9 Å². The fourth-order valence-corrected chi connectivity index (χ4v) is 2.34. The Balaban J connectivity index is 1.90. The lowest BCUT2D eigenvalue weighted by Gasteiger charge is -2.12. The van der Waals surface area contributed by atoms with Crippen LogP contribution >= 0.6 is 0 Å². The number of H-pyrrole nitrogens is 1. The van der Waals surface area contributed by atoms with Crippen molar-refractivity contribution in [3.8, 4) is 0 Å². The molecule has 5 heteroatoms. The number of aromatic amines is 1. The first-order chi connectivity index (χ1) is 8.74. The van der Waals surface area contributed by atoms with Crippen molar-refractivity contribution < 1.29 is 9.53 Å². The zero-order valence-corrected chi connectivity index (χ0v) is 11.1. The molecule has 0 saturated heterocycles. The van der Waals surface area contributed by atoms with E-state index in [1.165, 1.54) is 24.2 Å². The smallest absolute Gasteiger partial charge is 0.249 e. The molecular weight excluding hydrogens is 230 g/mol. The van der Waals surface area contributed by atoms with Crippen LogP contribution in [0, 0.1) is 0 Å². The van der Waals surface area contributed by atoms with Crippen molar-refractivity contribution in [2.24, 2.45) is 0 Å². The highest BCUT2D eigenvalue weighted by molar-refractivity contribution is 5.80. The summed E-state index contributed by atoms with van der Waals surface area (Å²) < 4.78 is 5.09. The fourth-order valence-electron chi connectivity index (χ4n) is 2.34. The average Bonchev–Trinajstić information content (AvgIpc) is 2.80. The molecule has 0 radical (unpaired) electrons. The molecule has 5 nitrogen and oxygen atoms in total. The number of amides is 1. The lowest BCUT2D eigenvalue weighted by Crippen LogP contribution is -2.35. The number of imidazole rings is 1. The molecule has 1 amide bonds. The summed E-state index contributed by atoms with van der Waals surface area (Å²) in [4.78, 5) is 19.6. The average molecular weight is 251 g/mol. The maximum atomic E-state index is 11.7. The first-order valence-corrected chi connectivity index (χ1v) is 6.61. The molecule has 0 saturated carbocycles. The molecule has 100 valence electrons. The van der Waals surface area contributed by atoms with E-state index in [4.69, 9.17) is 4.74 Å². The number of fused-ring (bicyclic) bond motifs is 1. The van der Waals surface area contributed by atoms with Crippen molar-refractivity contribution in [2.75, 3.05) is 7.11 Å². The zero-order chi connectivity index (χ0) is 13.0. The number of hydrogen-bond donors (Lipinski definition) is 2. The van der Waals surface area contributed by atoms with Crippen LogP contribution in [0.15, 0.2) is 0 Å². The normalized spacial score (nSPS) is 16.1. The van der Waals surface area contributed by atoms with Gasteiger partial charge in [-0.3, -0.25) is 4.79 Å². The third-order valence-corrected chi connectivity index (χ3v) is 3.38. The van der Waals surface area contributed by atoms with Crippen molar-refractivity contribution >= 4 is 5.91 Å². The van der Waals surface area contributed by atoms with Gasteiger partial charge in [-0.1, -0.05) is 6.92 Å². The van der Waals surface area contributed by atoms with E-state index in [1.54, 1.807) is 7.11 Å². The SMILES string of the molecule is CCC(OC)C(=O)NCc1nc2c([nH]1)CCCC2. The number of aromatic nitrogens is 2. The fraction of sp³-hybridized carbons (Fsp3) is 0.692. The molecule has 1 aromatic rings. The van der Waals surface area contributed by atoms with Gasteiger partial charge < -0.3 is 15.0 Å². The van der Waals surface area contributed by atoms with E-state index in [2.05, 4.69) is 15.3 Å². The Kier molecular flexibility index (Phi) is 4.36. The van der Waals surface area contributed by atoms with Crippen LogP contribution < -0.4 is 5.32 Å². The van der Waals surface area contributed by atoms with Crippen LogP contribution in [0.3, 0.4) is 0 Å². The van der Waals surface area contributed by atoms with Gasteiger partial charge in [-0.25, -0.2) is 4.98 Å². The lowest BCUT2D eigenvalue weighted by atomic mass is 10.0. The lowest BCUT2D eigenvalue weighted by molar-refractivity contribution is -0.131. The van der Waals surface area contributed by atoms with Crippen LogP contribution in [0.1, 0.15) is 43.4 Å². The summed E-state index contributed by atoms with van der Waals surface area (Å²) in [7, 11) is 1.55. The highest BCUT2D eigenvalue weighted by Gasteiger charge is 2.17. The summed E-state index contributed by atoms with van der Waals surface area (Å²) in [6, 6.07) is 0. The Morgan fingerprint density at radius 2 is 2.28 bits per heavy atom. The molecule has 0 spiro atoms. The number of nitrogens with one attached hydrogen (secondary N) is 2. The number of ether oxygens (including phenoxy) is 1. The molecular formula is C13H21N3O2. The third kappa shape index (κ3) is 2.90. The van der Waals surface area contributed by atoms with E-state index < -0.39 is 0 Å². The van der Waals surface area contributed by atoms with Crippen molar-refractivity contribution in [2.45, 2.75) is 51.7 Å². The van der Waals surface area contributed by atoms with Crippen molar-refractivity contribution in [1.29, 1.82) is 0 Å². The molecule has 0 fully saturated rings. The summed E-state index contributed by atoms with van der Waals surface area (Å²) in [6.45, 7) is 2.38. The van der Waals surface area contributed by atoms with Gasteiger partial charge in [0.1, 0.15) is 11.9 Å². The summed E-state index contributed by atoms with van der Waals surface area (Å²) in [5.74, 6) is 0.774. The largest absolute Gasteiger partial charge is 0.372 e. The van der Waals surface area contributed by atoms with Gasteiger partial charge in [0.15, 0.2) is 0 Å². The van der Waals surface area contributed by atoms with Crippen LogP contribution in [0.25, 0.3) is 0 Å². The third-order valence-electron chi connectivity index (χ3n) is 3.38. The second kappa shape index (κ2) is 6.00. The Bertz CT molecular complexity index is 387. The number of carbonyl (C=O) groups is 1. The molecule has 0 aromatic carbocycles. The van der Waals surface area contributed by atoms with Gasteiger partial charge in [0.25, 0.3) is 0 Å². The van der Waals surface area contributed by atoms with Gasteiger partial charge in [0, 0.05) is 12.8 Å². The van der Waals surface area contributed by atoms with E-state index in [-0.39, 0.29) is 12.0 Å². The molecule has 0 aliphatic heterocycles. The van der Waals surface area contributed by atoms with Crippen molar-refractivity contribution in [3.63, 3.8) is 0 Å². The van der Waals surface area contributed by atoms with Gasteiger partial charge in [-0.05, 0) is 32.1 Å². The van der Waals surface area contributed by atoms with Crippen molar-refractivity contribution in [1.82, 2.24) is 15.3 Å². The molecule has 1 aliphatic carbocycles. The number of methoxy groups -OCH3 is 1. The summed E-state index contributed by atoms with van der Waals surface area (Å²) in [5.41, 5.74) is 2.41. The van der Waals surface area contributed by atoms with Crippen molar-refractivity contribution in [3.05, 3.63) is 17.2 Å². The predicted octanol–water partition coefficient (Wildman–Crippen LogP) is 1.33. The van der Waals surface area contributed by atoms with E-state index in [0.717, 1.165) is 18.7 Å². The minimum atomic E-state index is -0.366. The minimum Gasteiger partial charge on any atom is -0.372 e. The highest BCUT2D eigenvalue weighted by Crippen LogP contribution is 2.18. The van der Waals surface area contributed by atoms with Crippen LogP contribution in [0.5, 0.6) is 0 Å². The highest BCUT2D eigenvalue weighted by atomic mass is 16.5. The van der Waals surface area contributed by atoms with E-state index in [9.17, 15) is 4.79 Å². The van der Waals surface area contributed by atoms with Gasteiger partial charge in [0.2, 0.25) is 5.91 Å². The molecule has 1 aromatic heterocycles. The molecule has 2 N–H and O–H groups in total. The van der Waals surface area contributed by atoms with E-state index in [0.29, 0.717) is 13.0 Å². The van der Waals surface area contributed by atoms with Crippen LogP contribution in [0.2, 0.25) is 0 Å². The number of aryl methyl sites for hydroxylation is 2. The van der Waals surface area contributed by atoms with E-state index >= 15 is 0 Å². The van der Waals surface area contributed by atoms with Crippen LogP contribution in [0.4, 0.5) is 0 Å². The summed E-state index contributed by atoms with van der Waals surface area (Å²) >= 11 is 0. The minimum absolute atomic E-state index is 0.0747. The maximum absolute atomic E-state index is 11.7. The summed E-state index contributed by atoms with van der Waals surface area (Å²) in [5, 5.41) is 2.85. The van der Waals surface area contributed by atoms with Gasteiger partial charge >= 0.3 is 0 Å². The van der Waals surface area contributed by atoms with Crippen LogP contribution in [-0.4, -0.2) is 29.1 Å². The molecule has 1 heterocycles. The number of rotatable bonds is 5.